The van der Waals surface area contributed by atoms with Crippen molar-refractivity contribution in [1.29, 1.82) is 0 Å². The Balaban J connectivity index is 1.31. The molecule has 0 N–H and O–H groups in total. The Labute approximate surface area is 274 Å². The zero-order valence-electron chi connectivity index (χ0n) is 25.6. The van der Waals surface area contributed by atoms with Crippen LogP contribution in [0.1, 0.15) is 0 Å². The van der Waals surface area contributed by atoms with Gasteiger partial charge in [-0.3, -0.25) is 0 Å². The van der Waals surface area contributed by atoms with Gasteiger partial charge in [-0.1, -0.05) is 121 Å². The molecule has 3 heterocycles. The molecule has 0 bridgehead atoms. The van der Waals surface area contributed by atoms with Gasteiger partial charge >= 0.3 is 0 Å². The summed E-state index contributed by atoms with van der Waals surface area (Å²) in [5, 5.41) is 6.33. The maximum Gasteiger partial charge on any atom is 0.164 e. The number of benzene rings is 7. The first-order chi connectivity index (χ1) is 23.8. The highest BCUT2D eigenvalue weighted by Crippen LogP contribution is 2.42. The summed E-state index contributed by atoms with van der Waals surface area (Å²) in [5.41, 5.74) is 8.03. The summed E-state index contributed by atoms with van der Waals surface area (Å²) in [4.78, 5) is 15.5. The fourth-order valence-corrected chi connectivity index (χ4v) is 6.96. The molecule has 0 unspecified atom stereocenters. The monoisotopic (exact) mass is 615 g/mol. The summed E-state index contributed by atoms with van der Waals surface area (Å²) in [6, 6.07) is 51.6. The molecule has 0 amide bonds. The first-order valence-electron chi connectivity index (χ1n) is 15.9. The molecule has 10 aromatic rings. The van der Waals surface area contributed by atoms with Crippen molar-refractivity contribution < 1.29 is 8.83 Å². The van der Waals surface area contributed by atoms with Crippen molar-refractivity contribution in [3.05, 3.63) is 152 Å². The lowest BCUT2D eigenvalue weighted by Gasteiger charge is -2.12. The van der Waals surface area contributed by atoms with E-state index in [0.29, 0.717) is 17.5 Å². The van der Waals surface area contributed by atoms with Crippen molar-refractivity contribution in [3.8, 4) is 45.3 Å². The molecule has 0 aliphatic rings. The molecule has 0 fully saturated rings. The molecular formula is C43H25N3O2. The Morgan fingerprint density at radius 3 is 1.67 bits per heavy atom. The molecular weight excluding hydrogens is 590 g/mol. The van der Waals surface area contributed by atoms with Crippen LogP contribution in [-0.4, -0.2) is 15.0 Å². The van der Waals surface area contributed by atoms with Crippen molar-refractivity contribution in [2.45, 2.75) is 0 Å². The first-order valence-corrected chi connectivity index (χ1v) is 15.9. The lowest BCUT2D eigenvalue weighted by Crippen LogP contribution is -2.01. The molecule has 0 aliphatic carbocycles. The van der Waals surface area contributed by atoms with Gasteiger partial charge in [-0.05, 0) is 52.2 Å². The highest BCUT2D eigenvalue weighted by atomic mass is 16.3. The highest BCUT2D eigenvalue weighted by Gasteiger charge is 2.21. The molecule has 0 radical (unpaired) electrons. The van der Waals surface area contributed by atoms with Crippen LogP contribution in [0.5, 0.6) is 0 Å². The Morgan fingerprint density at radius 2 is 0.875 bits per heavy atom. The smallest absolute Gasteiger partial charge is 0.164 e. The van der Waals surface area contributed by atoms with Crippen molar-refractivity contribution in [1.82, 2.24) is 15.0 Å². The van der Waals surface area contributed by atoms with Gasteiger partial charge in [0.05, 0.1) is 0 Å². The molecule has 0 spiro atoms. The minimum absolute atomic E-state index is 0.572. The molecule has 10 rings (SSSR count). The fraction of sp³-hybridized carbons (Fsp3) is 0. The number of hydrogen-bond donors (Lipinski definition) is 0. The van der Waals surface area contributed by atoms with E-state index in [4.69, 9.17) is 23.8 Å². The van der Waals surface area contributed by atoms with Crippen LogP contribution in [0.15, 0.2) is 160 Å². The van der Waals surface area contributed by atoms with Crippen LogP contribution in [0.2, 0.25) is 0 Å². The van der Waals surface area contributed by atoms with E-state index in [-0.39, 0.29) is 0 Å². The maximum atomic E-state index is 6.53. The van der Waals surface area contributed by atoms with Crippen molar-refractivity contribution >= 4 is 54.6 Å². The van der Waals surface area contributed by atoms with Gasteiger partial charge in [-0.15, -0.1) is 0 Å². The molecule has 48 heavy (non-hydrogen) atoms. The molecule has 3 aromatic heterocycles. The van der Waals surface area contributed by atoms with Crippen molar-refractivity contribution in [2.24, 2.45) is 0 Å². The second-order valence-corrected chi connectivity index (χ2v) is 12.0. The summed E-state index contributed by atoms with van der Waals surface area (Å²) < 4.78 is 12.8. The van der Waals surface area contributed by atoms with E-state index in [0.717, 1.165) is 71.7 Å². The minimum atomic E-state index is 0.572. The molecule has 0 atom stereocenters. The van der Waals surface area contributed by atoms with E-state index in [1.54, 1.807) is 0 Å². The zero-order chi connectivity index (χ0) is 31.6. The Hall–Kier alpha value is -6.59. The van der Waals surface area contributed by atoms with Crippen LogP contribution in [0.25, 0.3) is 99.9 Å². The van der Waals surface area contributed by atoms with Crippen LogP contribution in [-0.2, 0) is 0 Å². The zero-order valence-corrected chi connectivity index (χ0v) is 25.6. The van der Waals surface area contributed by atoms with E-state index >= 15 is 0 Å². The third-order valence-corrected chi connectivity index (χ3v) is 9.13. The number of fused-ring (bicyclic) bond motifs is 7. The quantitative estimate of drug-likeness (QED) is 0.197. The van der Waals surface area contributed by atoms with Crippen LogP contribution in [0.3, 0.4) is 0 Å². The average molecular weight is 616 g/mol. The predicted molar refractivity (Wildman–Crippen MR) is 194 cm³/mol. The van der Waals surface area contributed by atoms with E-state index in [2.05, 4.69) is 72.8 Å². The molecule has 5 heteroatoms. The number of rotatable bonds is 4. The van der Waals surface area contributed by atoms with Crippen LogP contribution in [0.4, 0.5) is 0 Å². The number of nitrogens with zero attached hydrogens (tertiary/aromatic N) is 3. The standard InChI is InChI=1S/C43H25N3O2/c1-2-13-27(14-3-1)41-44-42(33-20-11-23-37-39(33)31-17-6-8-21-35(31)47-37)46-43(45-41)34-24-28(30-19-10-15-26-12-4-5-16-29(26)30)25-38-40(34)32-18-7-9-22-36(32)48-38/h1-25H. The van der Waals surface area contributed by atoms with Gasteiger partial charge in [0.2, 0.25) is 0 Å². The SMILES string of the molecule is c1ccc(-c2nc(-c3cccc4oc5ccccc5c34)nc(-c3cc(-c4cccc5ccccc45)cc4oc5ccccc5c34)n2)cc1. The summed E-state index contributed by atoms with van der Waals surface area (Å²) in [5.74, 6) is 1.74. The number of aromatic nitrogens is 3. The molecule has 0 saturated heterocycles. The van der Waals surface area contributed by atoms with Crippen LogP contribution >= 0.6 is 0 Å². The lowest BCUT2D eigenvalue weighted by molar-refractivity contribution is 0.668. The van der Waals surface area contributed by atoms with E-state index in [9.17, 15) is 0 Å². The number of hydrogen-bond acceptors (Lipinski definition) is 5. The maximum absolute atomic E-state index is 6.53. The van der Waals surface area contributed by atoms with E-state index < -0.39 is 0 Å². The molecule has 224 valence electrons. The highest BCUT2D eigenvalue weighted by molar-refractivity contribution is 6.15. The van der Waals surface area contributed by atoms with Crippen molar-refractivity contribution in [2.75, 3.05) is 0 Å². The van der Waals surface area contributed by atoms with Gasteiger partial charge in [0.1, 0.15) is 22.3 Å². The topological polar surface area (TPSA) is 65.0 Å². The van der Waals surface area contributed by atoms with Crippen molar-refractivity contribution in [3.63, 3.8) is 0 Å². The van der Waals surface area contributed by atoms with Gasteiger partial charge < -0.3 is 8.83 Å². The van der Waals surface area contributed by atoms with Gasteiger partial charge in [0.25, 0.3) is 0 Å². The van der Waals surface area contributed by atoms with Crippen LogP contribution in [0, 0.1) is 0 Å². The molecule has 0 aliphatic heterocycles. The average Bonchev–Trinajstić information content (AvgIpc) is 3.73. The fourth-order valence-electron chi connectivity index (χ4n) is 6.96. The third kappa shape index (κ3) is 4.15. The predicted octanol–water partition coefficient (Wildman–Crippen LogP) is 11.5. The number of para-hydroxylation sites is 2. The summed E-state index contributed by atoms with van der Waals surface area (Å²) in [7, 11) is 0. The second-order valence-electron chi connectivity index (χ2n) is 12.0. The summed E-state index contributed by atoms with van der Waals surface area (Å²) >= 11 is 0. The van der Waals surface area contributed by atoms with Gasteiger partial charge in [0, 0.05) is 38.2 Å². The summed E-state index contributed by atoms with van der Waals surface area (Å²) in [6.07, 6.45) is 0. The van der Waals surface area contributed by atoms with Gasteiger partial charge in [-0.25, -0.2) is 15.0 Å². The second kappa shape index (κ2) is 10.5. The van der Waals surface area contributed by atoms with Gasteiger partial charge in [-0.2, -0.15) is 0 Å². The molecule has 5 nitrogen and oxygen atoms in total. The van der Waals surface area contributed by atoms with E-state index in [1.165, 1.54) is 10.8 Å². The molecule has 7 aromatic carbocycles. The molecule has 0 saturated carbocycles. The van der Waals surface area contributed by atoms with Gasteiger partial charge in [0.15, 0.2) is 17.5 Å². The largest absolute Gasteiger partial charge is 0.456 e. The normalized spacial score (nSPS) is 11.8. The third-order valence-electron chi connectivity index (χ3n) is 9.13. The number of furan rings is 2. The summed E-state index contributed by atoms with van der Waals surface area (Å²) in [6.45, 7) is 0. The Bertz CT molecular complexity index is 2840. The lowest BCUT2D eigenvalue weighted by atomic mass is 9.94. The first kappa shape index (κ1) is 26.6. The Kier molecular flexibility index (Phi) is 5.81. The minimum Gasteiger partial charge on any atom is -0.456 e. The van der Waals surface area contributed by atoms with Crippen LogP contribution < -0.4 is 0 Å². The Morgan fingerprint density at radius 1 is 0.333 bits per heavy atom. The van der Waals surface area contributed by atoms with E-state index in [1.807, 2.05) is 78.9 Å².